The third kappa shape index (κ3) is 3.77. The first-order chi connectivity index (χ1) is 13.6. The highest BCUT2D eigenvalue weighted by atomic mass is 16.5. The van der Waals surface area contributed by atoms with Crippen molar-refractivity contribution in [3.8, 4) is 0 Å². The molecule has 4 atom stereocenters. The maximum absolute atomic E-state index is 12.6. The Balaban J connectivity index is 1.63. The van der Waals surface area contributed by atoms with Crippen molar-refractivity contribution in [3.63, 3.8) is 0 Å². The van der Waals surface area contributed by atoms with Gasteiger partial charge in [-0.25, -0.2) is 4.79 Å². The van der Waals surface area contributed by atoms with Crippen LogP contribution in [0.4, 0.5) is 5.69 Å². The summed E-state index contributed by atoms with van der Waals surface area (Å²) in [6.45, 7) is 6.51. The van der Waals surface area contributed by atoms with Crippen molar-refractivity contribution in [2.45, 2.75) is 65.5 Å². The molecule has 1 aromatic rings. The molecule has 2 heterocycles. The number of anilines is 1. The van der Waals surface area contributed by atoms with E-state index in [-0.39, 0.29) is 23.7 Å². The van der Waals surface area contributed by atoms with Gasteiger partial charge in [0.1, 0.15) is 6.04 Å². The average Bonchev–Trinajstić information content (AvgIpc) is 3.08. The van der Waals surface area contributed by atoms with Crippen molar-refractivity contribution in [3.05, 3.63) is 11.4 Å². The Labute approximate surface area is 169 Å². The van der Waals surface area contributed by atoms with Crippen LogP contribution in [0.1, 0.15) is 50.9 Å². The van der Waals surface area contributed by atoms with Gasteiger partial charge in [-0.2, -0.15) is 5.10 Å². The molecule has 2 aliphatic rings. The van der Waals surface area contributed by atoms with Crippen LogP contribution in [-0.4, -0.2) is 50.5 Å². The Bertz CT molecular complexity index is 837. The van der Waals surface area contributed by atoms with Gasteiger partial charge in [0, 0.05) is 7.05 Å². The van der Waals surface area contributed by atoms with Gasteiger partial charge < -0.3 is 10.1 Å². The van der Waals surface area contributed by atoms with Crippen LogP contribution in [-0.2, 0) is 31.0 Å². The molecular formula is C20H28N4O5. The van der Waals surface area contributed by atoms with Crippen molar-refractivity contribution in [2.75, 3.05) is 5.32 Å². The predicted octanol–water partition coefficient (Wildman–Crippen LogP) is 1.47. The van der Waals surface area contributed by atoms with E-state index in [4.69, 9.17) is 4.74 Å². The van der Waals surface area contributed by atoms with Gasteiger partial charge in [0.2, 0.25) is 11.8 Å². The lowest BCUT2D eigenvalue weighted by Gasteiger charge is -2.23. The molecule has 0 radical (unpaired) electrons. The fraction of sp³-hybridized carbons (Fsp3) is 0.650. The molecule has 29 heavy (non-hydrogen) atoms. The van der Waals surface area contributed by atoms with Crippen molar-refractivity contribution in [2.24, 2.45) is 18.9 Å². The van der Waals surface area contributed by atoms with Gasteiger partial charge in [-0.1, -0.05) is 12.8 Å². The summed E-state index contributed by atoms with van der Waals surface area (Å²) in [6.07, 6.45) is 2.10. The zero-order chi connectivity index (χ0) is 21.5. The molecule has 1 saturated heterocycles. The van der Waals surface area contributed by atoms with Crippen LogP contribution in [0, 0.1) is 25.7 Å². The number of carbonyl (C=O) groups is 4. The third-order valence-electron chi connectivity index (χ3n) is 6.02. The zero-order valence-corrected chi connectivity index (χ0v) is 17.5. The van der Waals surface area contributed by atoms with E-state index >= 15 is 0 Å². The number of ether oxygens (including phenoxy) is 1. The molecule has 3 rings (SSSR count). The topological polar surface area (TPSA) is 111 Å². The largest absolute Gasteiger partial charge is 0.451 e. The molecule has 3 unspecified atom stereocenters. The number of aryl methyl sites for hydroxylation is 2. The molecule has 1 N–H and O–H groups in total. The summed E-state index contributed by atoms with van der Waals surface area (Å²) in [5, 5.41) is 6.95. The van der Waals surface area contributed by atoms with Gasteiger partial charge in [0.05, 0.1) is 28.9 Å². The van der Waals surface area contributed by atoms with Gasteiger partial charge in [-0.15, -0.1) is 0 Å². The Morgan fingerprint density at radius 1 is 1.10 bits per heavy atom. The van der Waals surface area contributed by atoms with Crippen LogP contribution in [0.3, 0.4) is 0 Å². The predicted molar refractivity (Wildman–Crippen MR) is 104 cm³/mol. The van der Waals surface area contributed by atoms with E-state index in [0.717, 1.165) is 23.4 Å². The van der Waals surface area contributed by atoms with Gasteiger partial charge in [0.25, 0.3) is 5.91 Å². The van der Waals surface area contributed by atoms with Gasteiger partial charge in [0.15, 0.2) is 6.10 Å². The molecule has 1 aromatic heterocycles. The summed E-state index contributed by atoms with van der Waals surface area (Å²) in [5.74, 6) is -2.54. The number of nitrogens with zero attached hydrogens (tertiary/aromatic N) is 3. The number of amides is 3. The smallest absolute Gasteiger partial charge is 0.329 e. The molecule has 3 amide bonds. The van der Waals surface area contributed by atoms with Gasteiger partial charge in [-0.05, 0) is 40.5 Å². The molecule has 0 bridgehead atoms. The summed E-state index contributed by atoms with van der Waals surface area (Å²) in [5.41, 5.74) is 2.00. The van der Waals surface area contributed by atoms with Crippen LogP contribution >= 0.6 is 0 Å². The third-order valence-corrected chi connectivity index (χ3v) is 6.02. The molecule has 158 valence electrons. The monoisotopic (exact) mass is 404 g/mol. The molecule has 0 aromatic carbocycles. The number of fused-ring (bicyclic) bond motifs is 1. The second kappa shape index (κ2) is 7.96. The molecule has 9 nitrogen and oxygen atoms in total. The van der Waals surface area contributed by atoms with E-state index in [1.165, 1.54) is 13.8 Å². The van der Waals surface area contributed by atoms with E-state index in [9.17, 15) is 19.2 Å². The van der Waals surface area contributed by atoms with E-state index in [2.05, 4.69) is 10.4 Å². The Morgan fingerprint density at radius 3 is 2.14 bits per heavy atom. The lowest BCUT2D eigenvalue weighted by molar-refractivity contribution is -0.163. The molecule has 0 spiro atoms. The highest BCUT2D eigenvalue weighted by Crippen LogP contribution is 2.39. The number of imide groups is 1. The van der Waals surface area contributed by atoms with Gasteiger partial charge >= 0.3 is 5.97 Å². The normalized spacial score (nSPS) is 23.6. The SMILES string of the molecule is Cc1nn(C)c(C)c1NC(=O)C(C)OC(=O)[C@H](C)N1C(=O)C2CCCCC2C1=O. The molecule has 9 heteroatoms. The van der Waals surface area contributed by atoms with E-state index < -0.39 is 24.0 Å². The summed E-state index contributed by atoms with van der Waals surface area (Å²) < 4.78 is 6.92. The summed E-state index contributed by atoms with van der Waals surface area (Å²) in [4.78, 5) is 51.4. The number of nitrogens with one attached hydrogen (secondary N) is 1. The van der Waals surface area contributed by atoms with Crippen LogP contribution in [0.15, 0.2) is 0 Å². The fourth-order valence-electron chi connectivity index (χ4n) is 4.18. The minimum atomic E-state index is -1.08. The summed E-state index contributed by atoms with van der Waals surface area (Å²) in [7, 11) is 1.77. The summed E-state index contributed by atoms with van der Waals surface area (Å²) in [6, 6.07) is -1.06. The highest BCUT2D eigenvalue weighted by Gasteiger charge is 2.51. The van der Waals surface area contributed by atoms with Crippen molar-refractivity contribution in [1.82, 2.24) is 14.7 Å². The Hall–Kier alpha value is -2.71. The first-order valence-corrected chi connectivity index (χ1v) is 10.0. The Kier molecular flexibility index (Phi) is 5.77. The second-order valence-electron chi connectivity index (χ2n) is 7.96. The summed E-state index contributed by atoms with van der Waals surface area (Å²) >= 11 is 0. The molecule has 1 aliphatic carbocycles. The first kappa shape index (κ1) is 21.0. The number of carbonyl (C=O) groups excluding carboxylic acids is 4. The minimum absolute atomic E-state index is 0.303. The van der Waals surface area contributed by atoms with E-state index in [0.29, 0.717) is 24.2 Å². The van der Waals surface area contributed by atoms with E-state index in [1.54, 1.807) is 18.7 Å². The number of esters is 1. The molecule has 2 fully saturated rings. The minimum Gasteiger partial charge on any atom is -0.451 e. The van der Waals surface area contributed by atoms with Crippen LogP contribution in [0.5, 0.6) is 0 Å². The zero-order valence-electron chi connectivity index (χ0n) is 17.5. The average molecular weight is 404 g/mol. The lowest BCUT2D eigenvalue weighted by atomic mass is 9.81. The maximum atomic E-state index is 12.6. The first-order valence-electron chi connectivity index (χ1n) is 10.0. The molecule has 1 aliphatic heterocycles. The lowest BCUT2D eigenvalue weighted by Crippen LogP contribution is -2.46. The van der Waals surface area contributed by atoms with Crippen LogP contribution < -0.4 is 5.32 Å². The number of likely N-dealkylation sites (tertiary alicyclic amines) is 1. The highest BCUT2D eigenvalue weighted by molar-refractivity contribution is 6.08. The van der Waals surface area contributed by atoms with Crippen LogP contribution in [0.25, 0.3) is 0 Å². The van der Waals surface area contributed by atoms with E-state index in [1.807, 2.05) is 6.92 Å². The Morgan fingerprint density at radius 2 is 1.66 bits per heavy atom. The van der Waals surface area contributed by atoms with Gasteiger partial charge in [-0.3, -0.25) is 24.0 Å². The molecular weight excluding hydrogens is 376 g/mol. The number of rotatable bonds is 5. The number of aromatic nitrogens is 2. The number of hydrogen-bond donors (Lipinski definition) is 1. The quantitative estimate of drug-likeness (QED) is 0.588. The maximum Gasteiger partial charge on any atom is 0.329 e. The standard InChI is InChI=1S/C20H28N4O5/c1-10-16(11(2)23(5)22-10)21-17(25)13(4)29-20(28)12(3)24-18(26)14-8-6-7-9-15(14)19(24)27/h12-15H,6-9H2,1-5H3,(H,21,25)/t12-,13?,14?,15?/m0/s1. The van der Waals surface area contributed by atoms with Crippen LogP contribution in [0.2, 0.25) is 0 Å². The fourth-order valence-corrected chi connectivity index (χ4v) is 4.18. The van der Waals surface area contributed by atoms with Crippen molar-refractivity contribution >= 4 is 29.4 Å². The van der Waals surface area contributed by atoms with Crippen molar-refractivity contribution in [1.29, 1.82) is 0 Å². The van der Waals surface area contributed by atoms with Crippen molar-refractivity contribution < 1.29 is 23.9 Å². The molecule has 1 saturated carbocycles. The number of hydrogen-bond acceptors (Lipinski definition) is 6. The second-order valence-corrected chi connectivity index (χ2v) is 7.96.